The van der Waals surface area contributed by atoms with E-state index in [0.717, 1.165) is 0 Å². The van der Waals surface area contributed by atoms with Gasteiger partial charge in [-0.05, 0) is 23.0 Å². The summed E-state index contributed by atoms with van der Waals surface area (Å²) >= 11 is 5.11. The highest BCUT2D eigenvalue weighted by atomic mass is 35.5. The maximum Gasteiger partial charge on any atom is 0.230 e. The third kappa shape index (κ3) is 2.71. The average Bonchev–Trinajstić information content (AvgIpc) is 1.81. The molecule has 0 saturated heterocycles. The molecule has 0 radical (unpaired) electrons. The van der Waals surface area contributed by atoms with E-state index in [0.29, 0.717) is 0 Å². The maximum atomic E-state index is 10.5. The molecular formula is C5H8ClN3O. The number of carbonyl (C=O) groups is 1. The largest absolute Gasteiger partial charge is 0.281 e. The minimum atomic E-state index is -0.730. The Morgan fingerprint density at radius 1 is 1.70 bits per heavy atom. The van der Waals surface area contributed by atoms with E-state index in [1.807, 2.05) is 0 Å². The molecule has 0 N–H and O–H groups in total. The Morgan fingerprint density at radius 3 is 2.30 bits per heavy atom. The van der Waals surface area contributed by atoms with Crippen molar-refractivity contribution in [3.8, 4) is 0 Å². The first-order valence-corrected chi connectivity index (χ1v) is 3.21. The summed E-state index contributed by atoms with van der Waals surface area (Å²) in [6.45, 7) is 3.53. The number of nitrogens with zero attached hydrogens (tertiary/aromatic N) is 3. The lowest BCUT2D eigenvalue weighted by Crippen LogP contribution is -2.18. The third-order valence-corrected chi connectivity index (χ3v) is 1.26. The van der Waals surface area contributed by atoms with Gasteiger partial charge in [0, 0.05) is 4.91 Å². The van der Waals surface area contributed by atoms with Gasteiger partial charge in [0.25, 0.3) is 0 Å². The highest BCUT2D eigenvalue weighted by Crippen LogP contribution is 2.09. The lowest BCUT2D eigenvalue weighted by atomic mass is 10.1. The molecule has 0 aliphatic heterocycles. The predicted molar refractivity (Wildman–Crippen MR) is 38.6 cm³/mol. The van der Waals surface area contributed by atoms with E-state index in [9.17, 15) is 4.79 Å². The summed E-state index contributed by atoms with van der Waals surface area (Å²) in [6, 6.07) is -0.730. The molecule has 0 bridgehead atoms. The van der Waals surface area contributed by atoms with Gasteiger partial charge in [0.1, 0.15) is 6.04 Å². The Bertz CT molecular complexity index is 172. The number of hydrogen-bond donors (Lipinski definition) is 0. The van der Waals surface area contributed by atoms with Crippen LogP contribution in [0, 0.1) is 5.92 Å². The van der Waals surface area contributed by atoms with Crippen molar-refractivity contribution in [2.75, 3.05) is 0 Å². The smallest absolute Gasteiger partial charge is 0.230 e. The van der Waals surface area contributed by atoms with E-state index in [1.54, 1.807) is 13.8 Å². The standard InChI is InChI=1S/C5H8ClN3O/c1-3(2)4(5(6)10)8-9-7/h3-4H,1-2H3. The Balaban J connectivity index is 4.26. The molecule has 0 spiro atoms. The second kappa shape index (κ2) is 4.14. The fraction of sp³-hybridized carbons (Fsp3) is 0.800. The van der Waals surface area contributed by atoms with Gasteiger partial charge >= 0.3 is 0 Å². The molecular weight excluding hydrogens is 154 g/mol. The van der Waals surface area contributed by atoms with Crippen LogP contribution in [0.1, 0.15) is 13.8 Å². The van der Waals surface area contributed by atoms with Crippen LogP contribution in [0.3, 0.4) is 0 Å². The van der Waals surface area contributed by atoms with Gasteiger partial charge < -0.3 is 0 Å². The first-order valence-electron chi connectivity index (χ1n) is 2.83. The average molecular weight is 162 g/mol. The number of rotatable bonds is 3. The topological polar surface area (TPSA) is 65.8 Å². The molecule has 0 heterocycles. The minimum absolute atomic E-state index is 0.0408. The quantitative estimate of drug-likeness (QED) is 0.271. The van der Waals surface area contributed by atoms with E-state index in [2.05, 4.69) is 10.0 Å². The van der Waals surface area contributed by atoms with Gasteiger partial charge in [-0.15, -0.1) is 0 Å². The summed E-state index contributed by atoms with van der Waals surface area (Å²) in [6.07, 6.45) is 0. The van der Waals surface area contributed by atoms with Crippen molar-refractivity contribution in [1.29, 1.82) is 0 Å². The molecule has 0 aromatic rings. The van der Waals surface area contributed by atoms with Crippen LogP contribution in [-0.4, -0.2) is 11.3 Å². The molecule has 10 heavy (non-hydrogen) atoms. The Labute approximate surface area is 63.8 Å². The number of hydrogen-bond acceptors (Lipinski definition) is 2. The second-order valence-corrected chi connectivity index (χ2v) is 2.57. The number of halogens is 1. The van der Waals surface area contributed by atoms with E-state index in [4.69, 9.17) is 17.1 Å². The SMILES string of the molecule is CC(C)C(N=[N+]=[N-])C(=O)Cl. The van der Waals surface area contributed by atoms with Crippen LogP contribution in [-0.2, 0) is 4.79 Å². The maximum absolute atomic E-state index is 10.5. The Kier molecular flexibility index (Phi) is 3.84. The summed E-state index contributed by atoms with van der Waals surface area (Å²) in [5, 5.41) is 2.62. The Hall–Kier alpha value is -0.730. The summed E-state index contributed by atoms with van der Waals surface area (Å²) < 4.78 is 0. The molecule has 0 aliphatic rings. The van der Waals surface area contributed by atoms with Crippen LogP contribution < -0.4 is 0 Å². The lowest BCUT2D eigenvalue weighted by Gasteiger charge is -2.07. The van der Waals surface area contributed by atoms with Gasteiger partial charge in [-0.25, -0.2) is 0 Å². The molecule has 5 heteroatoms. The van der Waals surface area contributed by atoms with Crippen LogP contribution in [0.2, 0.25) is 0 Å². The fourth-order valence-electron chi connectivity index (χ4n) is 0.496. The second-order valence-electron chi connectivity index (χ2n) is 2.20. The van der Waals surface area contributed by atoms with Crippen LogP contribution in [0.4, 0.5) is 0 Å². The van der Waals surface area contributed by atoms with Crippen molar-refractivity contribution in [2.24, 2.45) is 11.0 Å². The van der Waals surface area contributed by atoms with Crippen molar-refractivity contribution in [1.82, 2.24) is 0 Å². The lowest BCUT2D eigenvalue weighted by molar-refractivity contribution is -0.113. The molecule has 0 saturated carbocycles. The zero-order chi connectivity index (χ0) is 8.15. The molecule has 4 nitrogen and oxygen atoms in total. The molecule has 0 fully saturated rings. The molecule has 0 aromatic carbocycles. The van der Waals surface area contributed by atoms with Crippen LogP contribution in [0.5, 0.6) is 0 Å². The van der Waals surface area contributed by atoms with Gasteiger partial charge in [0.2, 0.25) is 5.24 Å². The van der Waals surface area contributed by atoms with Crippen LogP contribution in [0.15, 0.2) is 5.11 Å². The van der Waals surface area contributed by atoms with Gasteiger partial charge in [0.05, 0.1) is 0 Å². The van der Waals surface area contributed by atoms with Gasteiger partial charge in [0.15, 0.2) is 0 Å². The van der Waals surface area contributed by atoms with Gasteiger partial charge in [-0.2, -0.15) is 0 Å². The van der Waals surface area contributed by atoms with E-state index < -0.39 is 11.3 Å². The molecule has 0 aliphatic carbocycles. The van der Waals surface area contributed by atoms with Gasteiger partial charge in [-0.3, -0.25) is 4.79 Å². The predicted octanol–water partition coefficient (Wildman–Crippen LogP) is 2.09. The fourth-order valence-corrected chi connectivity index (χ4v) is 0.792. The van der Waals surface area contributed by atoms with Crippen LogP contribution >= 0.6 is 11.6 Å². The van der Waals surface area contributed by atoms with Crippen molar-refractivity contribution >= 4 is 16.8 Å². The third-order valence-electron chi connectivity index (χ3n) is 1.04. The van der Waals surface area contributed by atoms with Gasteiger partial charge in [-0.1, -0.05) is 19.0 Å². The highest BCUT2D eigenvalue weighted by molar-refractivity contribution is 6.64. The van der Waals surface area contributed by atoms with E-state index in [-0.39, 0.29) is 5.92 Å². The first kappa shape index (κ1) is 9.27. The van der Waals surface area contributed by atoms with Crippen molar-refractivity contribution < 1.29 is 4.79 Å². The minimum Gasteiger partial charge on any atom is -0.281 e. The monoisotopic (exact) mass is 161 g/mol. The van der Waals surface area contributed by atoms with Crippen molar-refractivity contribution in [3.05, 3.63) is 10.4 Å². The molecule has 56 valence electrons. The zero-order valence-electron chi connectivity index (χ0n) is 5.78. The summed E-state index contributed by atoms with van der Waals surface area (Å²) in [7, 11) is 0. The molecule has 1 unspecified atom stereocenters. The normalized spacial score (nSPS) is 12.4. The molecule has 0 rings (SSSR count). The van der Waals surface area contributed by atoms with Crippen molar-refractivity contribution in [2.45, 2.75) is 19.9 Å². The Morgan fingerprint density at radius 2 is 2.20 bits per heavy atom. The molecule has 0 amide bonds. The summed E-state index contributed by atoms with van der Waals surface area (Å²) in [4.78, 5) is 13.0. The van der Waals surface area contributed by atoms with Crippen LogP contribution in [0.25, 0.3) is 10.4 Å². The summed E-state index contributed by atoms with van der Waals surface area (Å²) in [5.41, 5.74) is 7.98. The van der Waals surface area contributed by atoms with Crippen molar-refractivity contribution in [3.63, 3.8) is 0 Å². The number of azide groups is 1. The highest BCUT2D eigenvalue weighted by Gasteiger charge is 2.17. The van der Waals surface area contributed by atoms with E-state index >= 15 is 0 Å². The number of carbonyl (C=O) groups excluding carboxylic acids is 1. The molecule has 1 atom stereocenters. The van der Waals surface area contributed by atoms with E-state index in [1.165, 1.54) is 0 Å². The summed E-state index contributed by atoms with van der Waals surface area (Å²) in [5.74, 6) is -0.0408. The molecule has 0 aromatic heterocycles. The zero-order valence-corrected chi connectivity index (χ0v) is 6.54. The first-order chi connectivity index (χ1) is 4.59.